The number of piperidine rings is 1. The molecule has 0 spiro atoms. The molecule has 2 rings (SSSR count). The van der Waals surface area contributed by atoms with Crippen LogP contribution in [0.1, 0.15) is 30.9 Å². The average Bonchev–Trinajstić information content (AvgIpc) is 2.41. The highest BCUT2D eigenvalue weighted by atomic mass is 19.1. The maximum atomic E-state index is 13.3. The molecule has 1 aliphatic heterocycles. The van der Waals surface area contributed by atoms with Gasteiger partial charge in [0.05, 0.1) is 0 Å². The van der Waals surface area contributed by atoms with Crippen LogP contribution in [-0.2, 0) is 4.79 Å². The molecule has 0 saturated carbocycles. The first-order valence-electron chi connectivity index (χ1n) is 7.08. The van der Waals surface area contributed by atoms with Gasteiger partial charge >= 0.3 is 0 Å². The predicted molar refractivity (Wildman–Crippen MR) is 76.3 cm³/mol. The van der Waals surface area contributed by atoms with E-state index in [0.29, 0.717) is 18.9 Å². The molecule has 0 radical (unpaired) electrons. The van der Waals surface area contributed by atoms with Crippen LogP contribution in [0.5, 0.6) is 0 Å². The van der Waals surface area contributed by atoms with Gasteiger partial charge in [-0.2, -0.15) is 0 Å². The molecule has 1 aliphatic rings. The van der Waals surface area contributed by atoms with Crippen LogP contribution in [0.4, 0.5) is 4.39 Å². The molecule has 4 N–H and O–H groups in total. The molecule has 5 heteroatoms. The molecular weight excluding hydrogens is 257 g/mol. The number of halogens is 1. The van der Waals surface area contributed by atoms with Crippen LogP contribution in [0, 0.1) is 11.7 Å². The summed E-state index contributed by atoms with van der Waals surface area (Å²) in [6, 6.07) is 6.66. The van der Waals surface area contributed by atoms with Crippen molar-refractivity contribution in [1.29, 1.82) is 0 Å². The Morgan fingerprint density at radius 1 is 1.40 bits per heavy atom. The van der Waals surface area contributed by atoms with Gasteiger partial charge in [0.1, 0.15) is 5.82 Å². The van der Waals surface area contributed by atoms with Crippen LogP contribution in [0.25, 0.3) is 0 Å². The number of carbonyl (C=O) groups excluding carboxylic acids is 1. The molecule has 1 unspecified atom stereocenters. The number of hydrogen-bond donors (Lipinski definition) is 2. The molecule has 1 fully saturated rings. The molecule has 110 valence electrons. The van der Waals surface area contributed by atoms with Crippen molar-refractivity contribution in [2.45, 2.75) is 25.3 Å². The molecule has 1 aromatic rings. The van der Waals surface area contributed by atoms with Crippen molar-refractivity contribution in [3.8, 4) is 0 Å². The van der Waals surface area contributed by atoms with Gasteiger partial charge in [0.2, 0.25) is 5.91 Å². The van der Waals surface area contributed by atoms with Crippen LogP contribution in [0.2, 0.25) is 0 Å². The average molecular weight is 279 g/mol. The Kier molecular flexibility index (Phi) is 5.09. The van der Waals surface area contributed by atoms with E-state index in [1.54, 1.807) is 12.1 Å². The second-order valence-corrected chi connectivity index (χ2v) is 5.46. The molecule has 1 amide bonds. The van der Waals surface area contributed by atoms with Gasteiger partial charge in [-0.3, -0.25) is 9.69 Å². The highest BCUT2D eigenvalue weighted by molar-refractivity contribution is 5.73. The molecule has 0 aliphatic carbocycles. The molecule has 1 heterocycles. The van der Waals surface area contributed by atoms with Gasteiger partial charge in [-0.25, -0.2) is 4.39 Å². The Hall–Kier alpha value is -1.46. The van der Waals surface area contributed by atoms with Gasteiger partial charge in [0.25, 0.3) is 0 Å². The maximum Gasteiger partial charge on any atom is 0.217 e. The number of benzene rings is 1. The summed E-state index contributed by atoms with van der Waals surface area (Å²) in [5.41, 5.74) is 12.0. The first-order chi connectivity index (χ1) is 9.60. The first-order valence-corrected chi connectivity index (χ1v) is 7.08. The Morgan fingerprint density at radius 3 is 2.65 bits per heavy atom. The van der Waals surface area contributed by atoms with Gasteiger partial charge in [-0.1, -0.05) is 12.1 Å². The van der Waals surface area contributed by atoms with Gasteiger partial charge in [-0.15, -0.1) is 0 Å². The van der Waals surface area contributed by atoms with Crippen molar-refractivity contribution in [3.05, 3.63) is 35.6 Å². The van der Waals surface area contributed by atoms with E-state index >= 15 is 0 Å². The fourth-order valence-corrected chi connectivity index (χ4v) is 2.96. The second kappa shape index (κ2) is 6.81. The van der Waals surface area contributed by atoms with Crippen molar-refractivity contribution in [2.24, 2.45) is 17.4 Å². The third kappa shape index (κ3) is 3.77. The van der Waals surface area contributed by atoms with Gasteiger partial charge in [0.15, 0.2) is 0 Å². The summed E-state index contributed by atoms with van der Waals surface area (Å²) in [7, 11) is 0. The third-order valence-corrected chi connectivity index (χ3v) is 4.04. The summed E-state index contributed by atoms with van der Waals surface area (Å²) >= 11 is 0. The van der Waals surface area contributed by atoms with E-state index < -0.39 is 0 Å². The fraction of sp³-hybridized carbons (Fsp3) is 0.533. The Morgan fingerprint density at radius 2 is 2.10 bits per heavy atom. The lowest BCUT2D eigenvalue weighted by molar-refractivity contribution is -0.119. The molecule has 4 nitrogen and oxygen atoms in total. The monoisotopic (exact) mass is 279 g/mol. The largest absolute Gasteiger partial charge is 0.370 e. The van der Waals surface area contributed by atoms with Crippen molar-refractivity contribution < 1.29 is 9.18 Å². The van der Waals surface area contributed by atoms with E-state index in [0.717, 1.165) is 31.5 Å². The molecule has 1 atom stereocenters. The summed E-state index contributed by atoms with van der Waals surface area (Å²) < 4.78 is 13.3. The molecule has 20 heavy (non-hydrogen) atoms. The zero-order chi connectivity index (χ0) is 14.5. The predicted octanol–water partition coefficient (Wildman–Crippen LogP) is 1.41. The molecule has 1 aromatic carbocycles. The van der Waals surface area contributed by atoms with Crippen LogP contribution >= 0.6 is 0 Å². The number of nitrogens with zero attached hydrogens (tertiary/aromatic N) is 1. The lowest BCUT2D eigenvalue weighted by atomic mass is 9.91. The second-order valence-electron chi connectivity index (χ2n) is 5.46. The number of amides is 1. The van der Waals surface area contributed by atoms with E-state index in [2.05, 4.69) is 4.90 Å². The lowest BCUT2D eigenvalue weighted by Crippen LogP contribution is -2.40. The van der Waals surface area contributed by atoms with Crippen molar-refractivity contribution >= 4 is 5.91 Å². The number of nitrogens with two attached hydrogens (primary N) is 2. The van der Waals surface area contributed by atoms with Gasteiger partial charge in [0, 0.05) is 19.0 Å². The third-order valence-electron chi connectivity index (χ3n) is 4.04. The van der Waals surface area contributed by atoms with Crippen LogP contribution in [-0.4, -0.2) is 30.4 Å². The Bertz CT molecular complexity index is 458. The summed E-state index contributed by atoms with van der Waals surface area (Å²) in [6.45, 7) is 2.20. The topological polar surface area (TPSA) is 72.3 Å². The minimum absolute atomic E-state index is 0.0419. The van der Waals surface area contributed by atoms with Crippen LogP contribution in [0.15, 0.2) is 24.3 Å². The van der Waals surface area contributed by atoms with E-state index in [1.165, 1.54) is 6.07 Å². The van der Waals surface area contributed by atoms with Crippen LogP contribution in [0.3, 0.4) is 0 Å². The van der Waals surface area contributed by atoms with E-state index in [-0.39, 0.29) is 17.8 Å². The number of likely N-dealkylation sites (tertiary alicyclic amines) is 1. The summed E-state index contributed by atoms with van der Waals surface area (Å²) in [5.74, 6) is -0.0943. The van der Waals surface area contributed by atoms with Gasteiger partial charge < -0.3 is 11.5 Å². The normalized spacial score (nSPS) is 18.9. The number of primary amides is 1. The highest BCUT2D eigenvalue weighted by Crippen LogP contribution is 2.27. The van der Waals surface area contributed by atoms with E-state index in [4.69, 9.17) is 11.5 Å². The molecular formula is C15H22FN3O. The zero-order valence-corrected chi connectivity index (χ0v) is 11.6. The molecule has 0 bridgehead atoms. The summed E-state index contributed by atoms with van der Waals surface area (Å²) in [5, 5.41) is 0. The maximum absolute atomic E-state index is 13.3. The number of carbonyl (C=O) groups is 1. The molecule has 0 aromatic heterocycles. The number of hydrogen-bond acceptors (Lipinski definition) is 3. The number of rotatable bonds is 5. The van der Waals surface area contributed by atoms with Crippen LogP contribution < -0.4 is 11.5 Å². The van der Waals surface area contributed by atoms with E-state index in [1.807, 2.05) is 6.07 Å². The van der Waals surface area contributed by atoms with Crippen molar-refractivity contribution in [3.63, 3.8) is 0 Å². The quantitative estimate of drug-likeness (QED) is 0.856. The lowest BCUT2D eigenvalue weighted by Gasteiger charge is -2.37. The SMILES string of the molecule is NCC(c1cccc(F)c1)N1CCC(CC(N)=O)CC1. The van der Waals surface area contributed by atoms with E-state index in [9.17, 15) is 9.18 Å². The minimum Gasteiger partial charge on any atom is -0.370 e. The Labute approximate surface area is 118 Å². The molecule has 1 saturated heterocycles. The standard InChI is InChI=1S/C15H22FN3O/c16-13-3-1-2-12(9-13)14(10-17)19-6-4-11(5-7-19)8-15(18)20/h1-3,9,11,14H,4-8,10,17H2,(H2,18,20). The Balaban J connectivity index is 1.98. The summed E-state index contributed by atoms with van der Waals surface area (Å²) in [6.07, 6.45) is 2.34. The summed E-state index contributed by atoms with van der Waals surface area (Å²) in [4.78, 5) is 13.2. The fourth-order valence-electron chi connectivity index (χ4n) is 2.96. The van der Waals surface area contributed by atoms with Gasteiger partial charge in [-0.05, 0) is 49.5 Å². The first kappa shape index (κ1) is 14.9. The smallest absolute Gasteiger partial charge is 0.217 e. The zero-order valence-electron chi connectivity index (χ0n) is 11.6. The van der Waals surface area contributed by atoms with Crippen molar-refractivity contribution in [2.75, 3.05) is 19.6 Å². The van der Waals surface area contributed by atoms with Crippen molar-refractivity contribution in [1.82, 2.24) is 4.90 Å². The highest BCUT2D eigenvalue weighted by Gasteiger charge is 2.26. The minimum atomic E-state index is -0.232.